The molecule has 1 N–H and O–H groups in total. The molecular formula is C14H15BrFN3. The van der Waals surface area contributed by atoms with E-state index in [0.717, 1.165) is 10.0 Å². The number of anilines is 1. The zero-order valence-corrected chi connectivity index (χ0v) is 12.4. The van der Waals surface area contributed by atoms with E-state index in [9.17, 15) is 4.39 Å². The third kappa shape index (κ3) is 3.73. The molecule has 0 saturated carbocycles. The molecule has 2 aromatic rings. The van der Waals surface area contributed by atoms with Gasteiger partial charge in [-0.2, -0.15) is 0 Å². The van der Waals surface area contributed by atoms with Crippen molar-refractivity contribution in [2.75, 3.05) is 11.9 Å². The van der Waals surface area contributed by atoms with Gasteiger partial charge in [0.2, 0.25) is 5.95 Å². The molecule has 0 fully saturated rings. The van der Waals surface area contributed by atoms with Crippen LogP contribution in [0.2, 0.25) is 0 Å². The number of nitrogens with zero attached hydrogens (tertiary/aromatic N) is 2. The molecule has 0 aliphatic carbocycles. The second kappa shape index (κ2) is 5.65. The maximum Gasteiger partial charge on any atom is 0.222 e. The smallest absolute Gasteiger partial charge is 0.222 e. The highest BCUT2D eigenvalue weighted by Gasteiger charge is 2.21. The molecule has 0 unspecified atom stereocenters. The van der Waals surface area contributed by atoms with Crippen molar-refractivity contribution in [3.8, 4) is 0 Å². The molecule has 100 valence electrons. The van der Waals surface area contributed by atoms with E-state index in [-0.39, 0.29) is 11.2 Å². The summed E-state index contributed by atoms with van der Waals surface area (Å²) in [6, 6.07) is 6.66. The number of nitrogens with one attached hydrogen (secondary N) is 1. The fourth-order valence-corrected chi connectivity index (χ4v) is 1.92. The van der Waals surface area contributed by atoms with Crippen molar-refractivity contribution in [1.29, 1.82) is 0 Å². The second-order valence-electron chi connectivity index (χ2n) is 4.97. The second-order valence-corrected chi connectivity index (χ2v) is 5.89. The molecular weight excluding hydrogens is 309 g/mol. The van der Waals surface area contributed by atoms with Crippen LogP contribution in [0, 0.1) is 5.82 Å². The highest BCUT2D eigenvalue weighted by Crippen LogP contribution is 2.23. The standard InChI is InChI=1S/C14H15BrFN3/c1-14(2,10-4-3-5-12(16)6-10)9-19-13-17-7-11(15)8-18-13/h3-8H,9H2,1-2H3,(H,17,18,19). The van der Waals surface area contributed by atoms with E-state index in [4.69, 9.17) is 0 Å². The van der Waals surface area contributed by atoms with Crippen molar-refractivity contribution in [2.45, 2.75) is 19.3 Å². The molecule has 1 aromatic carbocycles. The minimum Gasteiger partial charge on any atom is -0.353 e. The predicted molar refractivity (Wildman–Crippen MR) is 77.6 cm³/mol. The lowest BCUT2D eigenvalue weighted by molar-refractivity contribution is 0.544. The first-order valence-electron chi connectivity index (χ1n) is 5.95. The van der Waals surface area contributed by atoms with E-state index >= 15 is 0 Å². The molecule has 0 radical (unpaired) electrons. The molecule has 0 saturated heterocycles. The van der Waals surface area contributed by atoms with Gasteiger partial charge in [0, 0.05) is 24.4 Å². The zero-order chi connectivity index (χ0) is 13.9. The summed E-state index contributed by atoms with van der Waals surface area (Å²) in [5.41, 5.74) is 0.732. The molecule has 0 spiro atoms. The van der Waals surface area contributed by atoms with E-state index in [1.807, 2.05) is 19.9 Å². The SMILES string of the molecule is CC(C)(CNc1ncc(Br)cn1)c1cccc(F)c1. The number of halogens is 2. The fraction of sp³-hybridized carbons (Fsp3) is 0.286. The van der Waals surface area contributed by atoms with E-state index in [0.29, 0.717) is 12.5 Å². The number of hydrogen-bond acceptors (Lipinski definition) is 3. The van der Waals surface area contributed by atoms with Gasteiger partial charge >= 0.3 is 0 Å². The molecule has 1 aromatic heterocycles. The normalized spacial score (nSPS) is 11.4. The average Bonchev–Trinajstić information content (AvgIpc) is 2.38. The first-order chi connectivity index (χ1) is 8.97. The third-order valence-corrected chi connectivity index (χ3v) is 3.32. The van der Waals surface area contributed by atoms with Crippen LogP contribution >= 0.6 is 15.9 Å². The molecule has 0 atom stereocenters. The predicted octanol–water partition coefficient (Wildman–Crippen LogP) is 3.77. The van der Waals surface area contributed by atoms with E-state index < -0.39 is 0 Å². The third-order valence-electron chi connectivity index (χ3n) is 2.91. The molecule has 0 aliphatic heterocycles. The summed E-state index contributed by atoms with van der Waals surface area (Å²) >= 11 is 3.29. The first-order valence-corrected chi connectivity index (χ1v) is 6.74. The first kappa shape index (κ1) is 13.9. The van der Waals surface area contributed by atoms with Gasteiger partial charge in [-0.15, -0.1) is 0 Å². The highest BCUT2D eigenvalue weighted by atomic mass is 79.9. The van der Waals surface area contributed by atoms with Crippen molar-refractivity contribution in [1.82, 2.24) is 9.97 Å². The lowest BCUT2D eigenvalue weighted by Gasteiger charge is -2.25. The van der Waals surface area contributed by atoms with Gasteiger partial charge in [0.1, 0.15) is 5.82 Å². The molecule has 3 nitrogen and oxygen atoms in total. The Bertz CT molecular complexity index is 555. The summed E-state index contributed by atoms with van der Waals surface area (Å²) < 4.78 is 14.1. The lowest BCUT2D eigenvalue weighted by Crippen LogP contribution is -2.28. The monoisotopic (exact) mass is 323 g/mol. The van der Waals surface area contributed by atoms with Crippen LogP contribution in [0.1, 0.15) is 19.4 Å². The molecule has 19 heavy (non-hydrogen) atoms. The molecule has 0 amide bonds. The fourth-order valence-electron chi connectivity index (χ4n) is 1.72. The van der Waals surface area contributed by atoms with E-state index in [1.165, 1.54) is 6.07 Å². The number of rotatable bonds is 4. The molecule has 5 heteroatoms. The van der Waals surface area contributed by atoms with Gasteiger partial charge < -0.3 is 5.32 Å². The van der Waals surface area contributed by atoms with E-state index in [1.54, 1.807) is 24.5 Å². The summed E-state index contributed by atoms with van der Waals surface area (Å²) in [6.07, 6.45) is 3.37. The number of aromatic nitrogens is 2. The van der Waals surface area contributed by atoms with Crippen molar-refractivity contribution < 1.29 is 4.39 Å². The Morgan fingerprint density at radius 2 is 1.95 bits per heavy atom. The Hall–Kier alpha value is -1.49. The van der Waals surface area contributed by atoms with Crippen LogP contribution in [0.4, 0.5) is 10.3 Å². The lowest BCUT2D eigenvalue weighted by atomic mass is 9.84. The van der Waals surface area contributed by atoms with Crippen LogP contribution in [0.5, 0.6) is 0 Å². The molecule has 1 heterocycles. The number of hydrogen-bond donors (Lipinski definition) is 1. The Morgan fingerprint density at radius 1 is 1.26 bits per heavy atom. The summed E-state index contributed by atoms with van der Waals surface area (Å²) in [5.74, 6) is 0.346. The van der Waals surface area contributed by atoms with Gasteiger partial charge in [-0.1, -0.05) is 26.0 Å². The van der Waals surface area contributed by atoms with Crippen LogP contribution in [-0.2, 0) is 5.41 Å². The quantitative estimate of drug-likeness (QED) is 0.930. The van der Waals surface area contributed by atoms with Crippen LogP contribution in [0.15, 0.2) is 41.1 Å². The van der Waals surface area contributed by atoms with Crippen LogP contribution < -0.4 is 5.32 Å². The van der Waals surface area contributed by atoms with Crippen molar-refractivity contribution in [3.63, 3.8) is 0 Å². The highest BCUT2D eigenvalue weighted by molar-refractivity contribution is 9.10. The van der Waals surface area contributed by atoms with Gasteiger partial charge in [-0.05, 0) is 33.6 Å². The summed E-state index contributed by atoms with van der Waals surface area (Å²) in [6.45, 7) is 4.72. The summed E-state index contributed by atoms with van der Waals surface area (Å²) in [7, 11) is 0. The van der Waals surface area contributed by atoms with Gasteiger partial charge in [0.05, 0.1) is 4.47 Å². The minimum absolute atomic E-state index is 0.210. The Labute approximate surface area is 120 Å². The Balaban J connectivity index is 2.07. The average molecular weight is 324 g/mol. The summed E-state index contributed by atoms with van der Waals surface area (Å²) in [4.78, 5) is 8.30. The molecule has 0 aliphatic rings. The molecule has 2 rings (SSSR count). The van der Waals surface area contributed by atoms with Crippen LogP contribution in [0.25, 0.3) is 0 Å². The van der Waals surface area contributed by atoms with Gasteiger partial charge in [0.15, 0.2) is 0 Å². The van der Waals surface area contributed by atoms with Gasteiger partial charge in [0.25, 0.3) is 0 Å². The Kier molecular flexibility index (Phi) is 4.14. The maximum absolute atomic E-state index is 13.3. The topological polar surface area (TPSA) is 37.8 Å². The number of benzene rings is 1. The molecule has 0 bridgehead atoms. The van der Waals surface area contributed by atoms with Crippen molar-refractivity contribution >= 4 is 21.9 Å². The summed E-state index contributed by atoms with van der Waals surface area (Å²) in [5, 5.41) is 3.16. The van der Waals surface area contributed by atoms with E-state index in [2.05, 4.69) is 31.2 Å². The van der Waals surface area contributed by atoms with Crippen LogP contribution in [-0.4, -0.2) is 16.5 Å². The van der Waals surface area contributed by atoms with Crippen molar-refractivity contribution in [3.05, 3.63) is 52.5 Å². The minimum atomic E-state index is -0.217. The Morgan fingerprint density at radius 3 is 2.58 bits per heavy atom. The zero-order valence-electron chi connectivity index (χ0n) is 10.8. The maximum atomic E-state index is 13.3. The van der Waals surface area contributed by atoms with Crippen molar-refractivity contribution in [2.24, 2.45) is 0 Å². The van der Waals surface area contributed by atoms with Gasteiger partial charge in [-0.3, -0.25) is 0 Å². The largest absolute Gasteiger partial charge is 0.353 e. The van der Waals surface area contributed by atoms with Gasteiger partial charge in [-0.25, -0.2) is 14.4 Å². The van der Waals surface area contributed by atoms with Crippen LogP contribution in [0.3, 0.4) is 0 Å².